The second-order valence-corrected chi connectivity index (χ2v) is 6.33. The van der Waals surface area contributed by atoms with E-state index in [1.54, 1.807) is 0 Å². The Bertz CT molecular complexity index is 412. The average molecular weight is 340 g/mol. The van der Waals surface area contributed by atoms with Crippen molar-refractivity contribution in [2.24, 2.45) is 0 Å². The molecule has 1 heterocycles. The smallest absolute Gasteiger partial charge is 0.387 e. The highest BCUT2D eigenvalue weighted by Crippen LogP contribution is 2.41. The molecule has 0 aromatic rings. The van der Waals surface area contributed by atoms with E-state index in [9.17, 15) is 24.4 Å². The largest absolute Gasteiger partial charge is 0.472 e. The summed E-state index contributed by atoms with van der Waals surface area (Å²) in [6.45, 7) is -0.907. The van der Waals surface area contributed by atoms with Crippen LogP contribution in [-0.4, -0.2) is 72.2 Å². The molecule has 1 aliphatic rings. The normalized spacial score (nSPS) is 36.0. The third-order valence-corrected chi connectivity index (χ3v) is 3.28. The number of hydrogen-bond donors (Lipinski definition) is 7. The monoisotopic (exact) mass is 340 g/mol. The van der Waals surface area contributed by atoms with E-state index in [0.29, 0.717) is 0 Å². The fourth-order valence-electron chi connectivity index (χ4n) is 1.45. The quantitative estimate of drug-likeness (QED) is 0.250. The number of phosphoric ester groups is 2. The van der Waals surface area contributed by atoms with Gasteiger partial charge in [0.2, 0.25) is 0 Å². The molecular formula is C6H14O12P2. The van der Waals surface area contributed by atoms with Gasteiger partial charge in [-0.2, -0.15) is 0 Å². The molecule has 0 aromatic heterocycles. The molecule has 0 aromatic carbocycles. The van der Waals surface area contributed by atoms with Crippen molar-refractivity contribution in [2.45, 2.75) is 30.7 Å². The van der Waals surface area contributed by atoms with E-state index >= 15 is 0 Å². The Morgan fingerprint density at radius 1 is 0.900 bits per heavy atom. The Morgan fingerprint density at radius 2 is 1.45 bits per heavy atom. The molecule has 7 N–H and O–H groups in total. The van der Waals surface area contributed by atoms with Crippen LogP contribution in [0.2, 0.25) is 0 Å². The molecule has 0 aliphatic carbocycles. The molecule has 0 radical (unpaired) electrons. The van der Waals surface area contributed by atoms with E-state index in [0.717, 1.165) is 0 Å². The Hall–Kier alpha value is 0.0600. The van der Waals surface area contributed by atoms with Gasteiger partial charge >= 0.3 is 15.6 Å². The van der Waals surface area contributed by atoms with Gasteiger partial charge in [0.25, 0.3) is 0 Å². The Kier molecular flexibility index (Phi) is 5.83. The molecule has 1 rings (SSSR count). The lowest BCUT2D eigenvalue weighted by Gasteiger charge is -2.39. The van der Waals surface area contributed by atoms with Crippen molar-refractivity contribution in [1.29, 1.82) is 0 Å². The SMILES string of the molecule is O=P(O)(O)OCC1OC(OP(=O)(O)O)C(O)C(O)C1O. The highest BCUT2D eigenvalue weighted by molar-refractivity contribution is 7.46. The minimum absolute atomic E-state index is 0.907. The summed E-state index contributed by atoms with van der Waals surface area (Å²) >= 11 is 0. The van der Waals surface area contributed by atoms with Gasteiger partial charge in [-0.3, -0.25) is 9.05 Å². The molecule has 0 bridgehead atoms. The van der Waals surface area contributed by atoms with Crippen LogP contribution in [0.5, 0.6) is 0 Å². The van der Waals surface area contributed by atoms with Gasteiger partial charge in [-0.05, 0) is 0 Å². The molecule has 20 heavy (non-hydrogen) atoms. The highest BCUT2D eigenvalue weighted by Gasteiger charge is 2.47. The van der Waals surface area contributed by atoms with Gasteiger partial charge in [0.05, 0.1) is 6.61 Å². The summed E-state index contributed by atoms with van der Waals surface area (Å²) < 4.78 is 33.9. The van der Waals surface area contributed by atoms with Crippen LogP contribution in [0.1, 0.15) is 0 Å². The van der Waals surface area contributed by atoms with E-state index in [1.807, 2.05) is 0 Å². The van der Waals surface area contributed by atoms with E-state index in [2.05, 4.69) is 9.05 Å². The van der Waals surface area contributed by atoms with Gasteiger partial charge in [-0.15, -0.1) is 0 Å². The lowest BCUT2D eigenvalue weighted by molar-refractivity contribution is -0.279. The zero-order chi connectivity index (χ0) is 15.7. The number of ether oxygens (including phenoxy) is 1. The first-order chi connectivity index (χ1) is 8.91. The summed E-state index contributed by atoms with van der Waals surface area (Å²) in [6.07, 6.45) is -9.32. The summed E-state index contributed by atoms with van der Waals surface area (Å²) in [5.74, 6) is 0. The fourth-order valence-corrected chi connectivity index (χ4v) is 2.23. The predicted octanol–water partition coefficient (Wildman–Crippen LogP) is -2.99. The molecule has 1 aliphatic heterocycles. The summed E-state index contributed by atoms with van der Waals surface area (Å²) in [4.78, 5) is 34.1. The molecule has 0 amide bonds. The number of rotatable bonds is 5. The van der Waals surface area contributed by atoms with Crippen molar-refractivity contribution >= 4 is 15.6 Å². The van der Waals surface area contributed by atoms with Crippen LogP contribution in [0, 0.1) is 0 Å². The van der Waals surface area contributed by atoms with Crippen LogP contribution in [0.4, 0.5) is 0 Å². The minimum Gasteiger partial charge on any atom is -0.387 e. The number of aliphatic hydroxyl groups excluding tert-OH is 3. The fraction of sp³-hybridized carbons (Fsp3) is 1.00. The van der Waals surface area contributed by atoms with Crippen LogP contribution in [-0.2, 0) is 22.9 Å². The van der Waals surface area contributed by atoms with E-state index in [-0.39, 0.29) is 0 Å². The zero-order valence-corrected chi connectivity index (χ0v) is 11.4. The van der Waals surface area contributed by atoms with Crippen molar-refractivity contribution in [3.63, 3.8) is 0 Å². The molecular weight excluding hydrogens is 326 g/mol. The Morgan fingerprint density at radius 3 is 1.90 bits per heavy atom. The van der Waals surface area contributed by atoms with E-state index < -0.39 is 53.0 Å². The molecule has 5 atom stereocenters. The third-order valence-electron chi connectivity index (χ3n) is 2.32. The zero-order valence-electron chi connectivity index (χ0n) is 9.66. The lowest BCUT2D eigenvalue weighted by atomic mass is 10.00. The van der Waals surface area contributed by atoms with Gasteiger partial charge < -0.3 is 39.6 Å². The first kappa shape index (κ1) is 18.1. The lowest BCUT2D eigenvalue weighted by Crippen LogP contribution is -2.59. The maximum atomic E-state index is 10.6. The van der Waals surface area contributed by atoms with E-state index in [4.69, 9.17) is 24.3 Å². The summed E-state index contributed by atoms with van der Waals surface area (Å²) in [5, 5.41) is 28.4. The first-order valence-electron chi connectivity index (χ1n) is 5.04. The maximum Gasteiger partial charge on any atom is 0.472 e. The highest BCUT2D eigenvalue weighted by atomic mass is 31.2. The standard InChI is InChI=1S/C6H14O12P2/c7-3-2(1-16-19(10,11)12)17-6(5(9)4(3)8)18-20(13,14)15/h2-9H,1H2,(H2,10,11,12)(H2,13,14,15). The van der Waals surface area contributed by atoms with Gasteiger partial charge in [-0.25, -0.2) is 9.13 Å². The van der Waals surface area contributed by atoms with Crippen LogP contribution >= 0.6 is 15.6 Å². The van der Waals surface area contributed by atoms with E-state index in [1.165, 1.54) is 0 Å². The van der Waals surface area contributed by atoms with Crippen LogP contribution < -0.4 is 0 Å². The summed E-state index contributed by atoms with van der Waals surface area (Å²) in [6, 6.07) is 0. The second kappa shape index (κ2) is 6.44. The Labute approximate surface area is 112 Å². The first-order valence-corrected chi connectivity index (χ1v) is 8.10. The average Bonchev–Trinajstić information content (AvgIpc) is 2.25. The van der Waals surface area contributed by atoms with Gasteiger partial charge in [0.1, 0.15) is 24.4 Å². The van der Waals surface area contributed by atoms with Crippen molar-refractivity contribution in [3.05, 3.63) is 0 Å². The summed E-state index contributed by atoms with van der Waals surface area (Å²) in [5.41, 5.74) is 0. The van der Waals surface area contributed by atoms with Crippen molar-refractivity contribution < 1.29 is 57.8 Å². The van der Waals surface area contributed by atoms with Crippen LogP contribution in [0.3, 0.4) is 0 Å². The molecule has 1 fully saturated rings. The van der Waals surface area contributed by atoms with Gasteiger partial charge in [-0.1, -0.05) is 0 Å². The van der Waals surface area contributed by atoms with Crippen molar-refractivity contribution in [1.82, 2.24) is 0 Å². The minimum atomic E-state index is -5.07. The van der Waals surface area contributed by atoms with Crippen molar-refractivity contribution in [3.8, 4) is 0 Å². The van der Waals surface area contributed by atoms with Crippen molar-refractivity contribution in [2.75, 3.05) is 6.61 Å². The van der Waals surface area contributed by atoms with Gasteiger partial charge in [0, 0.05) is 0 Å². The van der Waals surface area contributed by atoms with Gasteiger partial charge in [0.15, 0.2) is 6.29 Å². The molecule has 0 saturated carbocycles. The number of aliphatic hydroxyl groups is 3. The molecule has 12 nitrogen and oxygen atoms in total. The molecule has 120 valence electrons. The molecule has 14 heteroatoms. The molecule has 0 spiro atoms. The van der Waals surface area contributed by atoms with Crippen LogP contribution in [0.15, 0.2) is 0 Å². The second-order valence-electron chi connectivity index (χ2n) is 3.90. The molecule has 1 saturated heterocycles. The number of phosphoric acid groups is 2. The van der Waals surface area contributed by atoms with Crippen LogP contribution in [0.25, 0.3) is 0 Å². The topological polar surface area (TPSA) is 203 Å². The maximum absolute atomic E-state index is 10.6. The number of hydrogen-bond acceptors (Lipinski definition) is 8. The summed E-state index contributed by atoms with van der Waals surface area (Å²) in [7, 11) is -9.95. The third kappa shape index (κ3) is 5.45. The Balaban J connectivity index is 2.76. The molecule has 5 unspecified atom stereocenters. The predicted molar refractivity (Wildman–Crippen MR) is 57.8 cm³/mol.